The number of rotatable bonds is 1. The highest BCUT2D eigenvalue weighted by Gasteiger charge is 2.16. The first-order chi connectivity index (χ1) is 6.10. The molecule has 0 aliphatic heterocycles. The lowest BCUT2D eigenvalue weighted by atomic mass is 9.85. The molecular formula is C12H11N. The van der Waals surface area contributed by atoms with Crippen LogP contribution < -0.4 is 0 Å². The monoisotopic (exact) mass is 169 g/mol. The lowest BCUT2D eigenvalue weighted by Crippen LogP contribution is -2.13. The molecule has 0 aliphatic carbocycles. The normalized spacial score (nSPS) is 10.2. The first-order valence-corrected chi connectivity index (χ1v) is 4.08. The van der Waals surface area contributed by atoms with Gasteiger partial charge in [-0.25, -0.2) is 0 Å². The van der Waals surface area contributed by atoms with Crippen LogP contribution in [0.25, 0.3) is 0 Å². The van der Waals surface area contributed by atoms with Crippen molar-refractivity contribution in [3.05, 3.63) is 35.4 Å². The number of nitriles is 1. The van der Waals surface area contributed by atoms with Gasteiger partial charge in [0.05, 0.1) is 17.0 Å². The quantitative estimate of drug-likeness (QED) is 0.592. The minimum atomic E-state index is -0.299. The predicted octanol–water partition coefficient (Wildman–Crippen LogP) is 2.47. The van der Waals surface area contributed by atoms with Crippen molar-refractivity contribution in [2.24, 2.45) is 0 Å². The number of hydrogen-bond acceptors (Lipinski definition) is 1. The Hall–Kier alpha value is -1.73. The van der Waals surface area contributed by atoms with Crippen molar-refractivity contribution in [2.75, 3.05) is 0 Å². The molecule has 0 amide bonds. The van der Waals surface area contributed by atoms with Crippen LogP contribution in [0.15, 0.2) is 24.3 Å². The molecule has 0 fully saturated rings. The number of nitrogens with zero attached hydrogens (tertiary/aromatic N) is 1. The SMILES string of the molecule is C#CC(C)(C)c1cccc(C#N)c1. The van der Waals surface area contributed by atoms with Crippen LogP contribution in [0.4, 0.5) is 0 Å². The lowest BCUT2D eigenvalue weighted by molar-refractivity contribution is 0.699. The van der Waals surface area contributed by atoms with E-state index in [-0.39, 0.29) is 5.41 Å². The Morgan fingerprint density at radius 2 is 2.08 bits per heavy atom. The minimum absolute atomic E-state index is 0.299. The molecule has 1 nitrogen and oxygen atoms in total. The molecule has 0 N–H and O–H groups in total. The highest BCUT2D eigenvalue weighted by molar-refractivity contribution is 5.39. The third kappa shape index (κ3) is 1.89. The smallest absolute Gasteiger partial charge is 0.0991 e. The summed E-state index contributed by atoms with van der Waals surface area (Å²) >= 11 is 0. The number of terminal acetylenes is 1. The molecule has 0 aromatic heterocycles. The summed E-state index contributed by atoms with van der Waals surface area (Å²) < 4.78 is 0. The van der Waals surface area contributed by atoms with E-state index in [1.54, 1.807) is 6.07 Å². The van der Waals surface area contributed by atoms with E-state index >= 15 is 0 Å². The van der Waals surface area contributed by atoms with Crippen LogP contribution in [0.1, 0.15) is 25.0 Å². The second kappa shape index (κ2) is 3.33. The van der Waals surface area contributed by atoms with Crippen molar-refractivity contribution in [2.45, 2.75) is 19.3 Å². The van der Waals surface area contributed by atoms with Gasteiger partial charge in [0.1, 0.15) is 0 Å². The van der Waals surface area contributed by atoms with E-state index in [1.165, 1.54) is 0 Å². The van der Waals surface area contributed by atoms with Gasteiger partial charge < -0.3 is 0 Å². The summed E-state index contributed by atoms with van der Waals surface area (Å²) in [7, 11) is 0. The molecule has 64 valence electrons. The fourth-order valence-electron chi connectivity index (χ4n) is 1.06. The predicted molar refractivity (Wildman–Crippen MR) is 53.0 cm³/mol. The molecule has 0 aliphatic rings. The van der Waals surface area contributed by atoms with E-state index in [0.717, 1.165) is 5.56 Å². The van der Waals surface area contributed by atoms with Gasteiger partial charge in [-0.15, -0.1) is 6.42 Å². The Morgan fingerprint density at radius 1 is 1.38 bits per heavy atom. The maximum atomic E-state index is 8.70. The van der Waals surface area contributed by atoms with Crippen LogP contribution in [0.5, 0.6) is 0 Å². The van der Waals surface area contributed by atoms with Gasteiger partial charge in [0.25, 0.3) is 0 Å². The molecule has 0 atom stereocenters. The van der Waals surface area contributed by atoms with Gasteiger partial charge in [0.2, 0.25) is 0 Å². The van der Waals surface area contributed by atoms with Gasteiger partial charge in [-0.05, 0) is 31.5 Å². The fraction of sp³-hybridized carbons (Fsp3) is 0.250. The molecule has 13 heavy (non-hydrogen) atoms. The van der Waals surface area contributed by atoms with Crippen LogP contribution in [-0.2, 0) is 5.41 Å². The van der Waals surface area contributed by atoms with Crippen molar-refractivity contribution >= 4 is 0 Å². The summed E-state index contributed by atoms with van der Waals surface area (Å²) in [5.41, 5.74) is 1.36. The first-order valence-electron chi connectivity index (χ1n) is 4.08. The second-order valence-corrected chi connectivity index (χ2v) is 3.46. The topological polar surface area (TPSA) is 23.8 Å². The molecule has 0 spiro atoms. The number of hydrogen-bond donors (Lipinski definition) is 0. The third-order valence-corrected chi connectivity index (χ3v) is 2.07. The van der Waals surface area contributed by atoms with Gasteiger partial charge >= 0.3 is 0 Å². The van der Waals surface area contributed by atoms with Gasteiger partial charge in [-0.3, -0.25) is 0 Å². The van der Waals surface area contributed by atoms with Crippen LogP contribution in [0.2, 0.25) is 0 Å². The Kier molecular flexibility index (Phi) is 2.40. The Balaban J connectivity index is 3.20. The summed E-state index contributed by atoms with van der Waals surface area (Å²) in [6, 6.07) is 9.50. The van der Waals surface area contributed by atoms with Crippen LogP contribution in [0.3, 0.4) is 0 Å². The summed E-state index contributed by atoms with van der Waals surface area (Å²) in [5.74, 6) is 2.70. The van der Waals surface area contributed by atoms with E-state index in [1.807, 2.05) is 32.0 Å². The van der Waals surface area contributed by atoms with Crippen molar-refractivity contribution in [1.29, 1.82) is 5.26 Å². The molecule has 1 aromatic rings. The summed E-state index contributed by atoms with van der Waals surface area (Å²) in [5, 5.41) is 8.70. The van der Waals surface area contributed by atoms with Crippen molar-refractivity contribution < 1.29 is 0 Å². The molecule has 0 radical (unpaired) electrons. The Labute approximate surface area is 79.0 Å². The maximum absolute atomic E-state index is 8.70. The van der Waals surface area contributed by atoms with Gasteiger partial charge in [-0.1, -0.05) is 18.1 Å². The van der Waals surface area contributed by atoms with E-state index in [0.29, 0.717) is 5.56 Å². The standard InChI is InChI=1S/C12H11N/c1-4-12(2,3)11-7-5-6-10(8-11)9-13/h1,5-8H,2-3H3. The molecule has 1 rings (SSSR count). The van der Waals surface area contributed by atoms with Gasteiger partial charge in [0.15, 0.2) is 0 Å². The summed E-state index contributed by atoms with van der Waals surface area (Å²) in [6.07, 6.45) is 5.40. The highest BCUT2D eigenvalue weighted by Crippen LogP contribution is 2.22. The van der Waals surface area contributed by atoms with Crippen molar-refractivity contribution in [1.82, 2.24) is 0 Å². The maximum Gasteiger partial charge on any atom is 0.0991 e. The van der Waals surface area contributed by atoms with Crippen LogP contribution in [0, 0.1) is 23.7 Å². The summed E-state index contributed by atoms with van der Waals surface area (Å²) in [4.78, 5) is 0. The lowest BCUT2D eigenvalue weighted by Gasteiger charge is -2.17. The molecular weight excluding hydrogens is 158 g/mol. The number of benzene rings is 1. The second-order valence-electron chi connectivity index (χ2n) is 3.46. The van der Waals surface area contributed by atoms with E-state index in [2.05, 4.69) is 12.0 Å². The Morgan fingerprint density at radius 3 is 2.62 bits per heavy atom. The average molecular weight is 169 g/mol. The van der Waals surface area contributed by atoms with E-state index in [9.17, 15) is 0 Å². The summed E-state index contributed by atoms with van der Waals surface area (Å²) in [6.45, 7) is 3.92. The average Bonchev–Trinajstić information content (AvgIpc) is 2.18. The molecule has 0 saturated carbocycles. The fourth-order valence-corrected chi connectivity index (χ4v) is 1.06. The van der Waals surface area contributed by atoms with Gasteiger partial charge in [-0.2, -0.15) is 5.26 Å². The molecule has 0 saturated heterocycles. The zero-order chi connectivity index (χ0) is 9.90. The van der Waals surface area contributed by atoms with Crippen molar-refractivity contribution in [3.8, 4) is 18.4 Å². The van der Waals surface area contributed by atoms with Crippen LogP contribution in [-0.4, -0.2) is 0 Å². The Bertz CT molecular complexity index is 388. The zero-order valence-electron chi connectivity index (χ0n) is 7.83. The van der Waals surface area contributed by atoms with Gasteiger partial charge in [0, 0.05) is 0 Å². The molecule has 1 aromatic carbocycles. The van der Waals surface area contributed by atoms with E-state index < -0.39 is 0 Å². The first kappa shape index (κ1) is 9.36. The van der Waals surface area contributed by atoms with E-state index in [4.69, 9.17) is 11.7 Å². The molecule has 1 heteroatoms. The minimum Gasteiger partial charge on any atom is -0.192 e. The molecule has 0 heterocycles. The largest absolute Gasteiger partial charge is 0.192 e. The van der Waals surface area contributed by atoms with Crippen LogP contribution >= 0.6 is 0 Å². The zero-order valence-corrected chi connectivity index (χ0v) is 7.83. The third-order valence-electron chi connectivity index (χ3n) is 2.07. The molecule has 0 bridgehead atoms. The van der Waals surface area contributed by atoms with Crippen molar-refractivity contribution in [3.63, 3.8) is 0 Å². The molecule has 0 unspecified atom stereocenters. The highest BCUT2D eigenvalue weighted by atomic mass is 14.2.